The zero-order chi connectivity index (χ0) is 21.8. The van der Waals surface area contributed by atoms with Crippen LogP contribution in [0.4, 0.5) is 0 Å². The topological polar surface area (TPSA) is 133 Å². The van der Waals surface area contributed by atoms with Crippen molar-refractivity contribution < 1.29 is 19.2 Å². The van der Waals surface area contributed by atoms with Gasteiger partial charge in [0.2, 0.25) is 11.8 Å². The fourth-order valence-electron chi connectivity index (χ4n) is 3.92. The highest BCUT2D eigenvalue weighted by atomic mass is 16.5. The van der Waals surface area contributed by atoms with Crippen LogP contribution in [0.5, 0.6) is 0 Å². The summed E-state index contributed by atoms with van der Waals surface area (Å²) in [6.07, 6.45) is 1.64. The van der Waals surface area contributed by atoms with Crippen molar-refractivity contribution in [3.63, 3.8) is 0 Å². The molecule has 2 amide bonds. The van der Waals surface area contributed by atoms with Gasteiger partial charge >= 0.3 is 0 Å². The van der Waals surface area contributed by atoms with Gasteiger partial charge in [0, 0.05) is 36.6 Å². The van der Waals surface area contributed by atoms with E-state index in [9.17, 15) is 14.7 Å². The first-order valence-corrected chi connectivity index (χ1v) is 10.4. The minimum atomic E-state index is -0.744. The third kappa shape index (κ3) is 5.08. The average molecular weight is 418 g/mol. The largest absolute Gasteiger partial charge is 0.391 e. The van der Waals surface area contributed by atoms with Gasteiger partial charge in [-0.25, -0.2) is 0 Å². The molecule has 1 aliphatic rings. The number of nitrogens with one attached hydrogen (secondary N) is 3. The van der Waals surface area contributed by atoms with E-state index in [2.05, 4.69) is 26.0 Å². The Kier molecular flexibility index (Phi) is 6.91. The van der Waals surface area contributed by atoms with E-state index in [1.54, 1.807) is 0 Å². The molecule has 2 aromatic rings. The van der Waals surface area contributed by atoms with E-state index in [4.69, 9.17) is 4.52 Å². The van der Waals surface area contributed by atoms with E-state index in [1.807, 2.05) is 27.7 Å². The number of H-pyrrole nitrogens is 1. The van der Waals surface area contributed by atoms with Crippen LogP contribution >= 0.6 is 0 Å². The van der Waals surface area contributed by atoms with Crippen LogP contribution in [0, 0.1) is 33.6 Å². The van der Waals surface area contributed by atoms with Gasteiger partial charge in [0.05, 0.1) is 23.5 Å². The van der Waals surface area contributed by atoms with E-state index in [0.29, 0.717) is 44.4 Å². The van der Waals surface area contributed by atoms with E-state index in [-0.39, 0.29) is 23.8 Å². The maximum Gasteiger partial charge on any atom is 0.223 e. The Balaban J connectivity index is 1.43. The lowest BCUT2D eigenvalue weighted by Crippen LogP contribution is -2.49. The third-order valence-corrected chi connectivity index (χ3v) is 6.10. The summed E-state index contributed by atoms with van der Waals surface area (Å²) < 4.78 is 5.11. The Bertz CT molecular complexity index is 884. The van der Waals surface area contributed by atoms with Crippen LogP contribution in [-0.2, 0) is 22.6 Å². The molecule has 1 aliphatic carbocycles. The molecule has 0 spiro atoms. The second kappa shape index (κ2) is 9.42. The van der Waals surface area contributed by atoms with Crippen molar-refractivity contribution in [2.24, 2.45) is 5.92 Å². The number of rotatable bonds is 7. The lowest BCUT2D eigenvalue weighted by atomic mass is 9.83. The first-order chi connectivity index (χ1) is 14.3. The molecule has 3 atom stereocenters. The molecule has 0 saturated heterocycles. The summed E-state index contributed by atoms with van der Waals surface area (Å²) in [4.78, 5) is 24.8. The zero-order valence-corrected chi connectivity index (χ0v) is 18.0. The maximum atomic E-state index is 12.5. The van der Waals surface area contributed by atoms with Gasteiger partial charge in [-0.1, -0.05) is 5.16 Å². The lowest BCUT2D eigenvalue weighted by Gasteiger charge is -2.33. The third-order valence-electron chi connectivity index (χ3n) is 6.10. The molecule has 1 saturated carbocycles. The Morgan fingerprint density at radius 3 is 2.60 bits per heavy atom. The molecule has 3 rings (SSSR count). The van der Waals surface area contributed by atoms with Crippen molar-refractivity contribution in [1.29, 1.82) is 0 Å². The molecule has 2 heterocycles. The van der Waals surface area contributed by atoms with Gasteiger partial charge in [-0.15, -0.1) is 0 Å². The summed E-state index contributed by atoms with van der Waals surface area (Å²) in [7, 11) is 0. The van der Waals surface area contributed by atoms with Crippen LogP contribution in [-0.4, -0.2) is 44.4 Å². The number of carbonyl (C=O) groups is 2. The predicted molar refractivity (Wildman–Crippen MR) is 109 cm³/mol. The maximum absolute atomic E-state index is 12.5. The first-order valence-electron chi connectivity index (χ1n) is 10.4. The lowest BCUT2D eigenvalue weighted by molar-refractivity contribution is -0.128. The monoisotopic (exact) mass is 417 g/mol. The van der Waals surface area contributed by atoms with Gasteiger partial charge < -0.3 is 20.3 Å². The number of nitrogens with zero attached hydrogens (tertiary/aromatic N) is 2. The van der Waals surface area contributed by atoms with E-state index < -0.39 is 6.10 Å². The van der Waals surface area contributed by atoms with Crippen LogP contribution in [0.25, 0.3) is 0 Å². The summed E-state index contributed by atoms with van der Waals surface area (Å²) in [6, 6.07) is -0.328. The summed E-state index contributed by atoms with van der Waals surface area (Å²) in [5.74, 6) is 0.214. The van der Waals surface area contributed by atoms with Gasteiger partial charge in [0.25, 0.3) is 0 Å². The Hall–Kier alpha value is -2.68. The molecule has 0 bridgehead atoms. The van der Waals surface area contributed by atoms with Crippen molar-refractivity contribution >= 4 is 11.8 Å². The summed E-state index contributed by atoms with van der Waals surface area (Å²) >= 11 is 0. The van der Waals surface area contributed by atoms with Crippen LogP contribution in [0.15, 0.2) is 4.52 Å². The molecule has 0 aromatic carbocycles. The molecule has 164 valence electrons. The Morgan fingerprint density at radius 2 is 2.00 bits per heavy atom. The van der Waals surface area contributed by atoms with E-state index in [0.717, 1.165) is 28.2 Å². The summed E-state index contributed by atoms with van der Waals surface area (Å²) in [5, 5.41) is 27.3. The fourth-order valence-corrected chi connectivity index (χ4v) is 3.92. The predicted octanol–water partition coefficient (Wildman–Crippen LogP) is 1.53. The number of amides is 2. The number of aromatic amines is 1. The second-order valence-electron chi connectivity index (χ2n) is 8.19. The number of aryl methyl sites for hydroxylation is 4. The quantitative estimate of drug-likeness (QED) is 0.540. The molecule has 0 unspecified atom stereocenters. The number of aliphatic hydroxyl groups excluding tert-OH is 1. The summed E-state index contributed by atoms with van der Waals surface area (Å²) in [5.41, 5.74) is 4.62. The van der Waals surface area contributed by atoms with E-state index in [1.165, 1.54) is 0 Å². The van der Waals surface area contributed by atoms with Crippen LogP contribution < -0.4 is 10.6 Å². The standard InChI is InChI=1S/C21H31N5O4/c1-11-12(2)24-25-17(11)7-8-20(28)23-18-6-5-15(9-19(18)27)21(29)22-10-16-13(3)26-30-14(16)4/h15,18-19,27H,5-10H2,1-4H3,(H,22,29)(H,23,28)(H,24,25)/t15-,18-,19-/m0/s1. The van der Waals surface area contributed by atoms with Crippen LogP contribution in [0.1, 0.15) is 59.7 Å². The number of aliphatic hydroxyl groups is 1. The van der Waals surface area contributed by atoms with Gasteiger partial charge in [0.1, 0.15) is 5.76 Å². The highest BCUT2D eigenvalue weighted by molar-refractivity contribution is 5.79. The number of aromatic nitrogens is 3. The SMILES string of the molecule is Cc1noc(C)c1CNC(=O)[C@H]1CC[C@H](NC(=O)CCc2n[nH]c(C)c2C)[C@@H](O)C1. The smallest absolute Gasteiger partial charge is 0.223 e. The normalized spacial score (nSPS) is 21.4. The van der Waals surface area contributed by atoms with Crippen molar-refractivity contribution in [3.8, 4) is 0 Å². The molecular formula is C21H31N5O4. The highest BCUT2D eigenvalue weighted by Gasteiger charge is 2.33. The van der Waals surface area contributed by atoms with Crippen molar-refractivity contribution in [3.05, 3.63) is 34.0 Å². The molecule has 4 N–H and O–H groups in total. The van der Waals surface area contributed by atoms with Gasteiger partial charge in [-0.2, -0.15) is 5.10 Å². The molecule has 30 heavy (non-hydrogen) atoms. The van der Waals surface area contributed by atoms with Crippen LogP contribution in [0.2, 0.25) is 0 Å². The van der Waals surface area contributed by atoms with Gasteiger partial charge in [-0.3, -0.25) is 14.7 Å². The van der Waals surface area contributed by atoms with E-state index >= 15 is 0 Å². The summed E-state index contributed by atoms with van der Waals surface area (Å²) in [6.45, 7) is 7.94. The molecule has 0 aliphatic heterocycles. The highest BCUT2D eigenvalue weighted by Crippen LogP contribution is 2.25. The van der Waals surface area contributed by atoms with Gasteiger partial charge in [0.15, 0.2) is 0 Å². The number of hydrogen-bond donors (Lipinski definition) is 4. The minimum Gasteiger partial charge on any atom is -0.391 e. The average Bonchev–Trinajstić information content (AvgIpc) is 3.21. The van der Waals surface area contributed by atoms with Crippen molar-refractivity contribution in [2.75, 3.05) is 0 Å². The molecule has 2 aromatic heterocycles. The Morgan fingerprint density at radius 1 is 1.23 bits per heavy atom. The fraction of sp³-hybridized carbons (Fsp3) is 0.619. The molecule has 9 heteroatoms. The molecule has 9 nitrogen and oxygen atoms in total. The first kappa shape index (κ1) is 22.0. The molecule has 0 radical (unpaired) electrons. The van der Waals surface area contributed by atoms with Gasteiger partial charge in [-0.05, 0) is 52.5 Å². The van der Waals surface area contributed by atoms with Crippen molar-refractivity contribution in [1.82, 2.24) is 26.0 Å². The zero-order valence-electron chi connectivity index (χ0n) is 18.0. The Labute approximate surface area is 176 Å². The van der Waals surface area contributed by atoms with Crippen molar-refractivity contribution in [2.45, 2.75) is 78.5 Å². The molecular weight excluding hydrogens is 386 g/mol. The minimum absolute atomic E-state index is 0.0943. The van der Waals surface area contributed by atoms with Crippen LogP contribution in [0.3, 0.4) is 0 Å². The second-order valence-corrected chi connectivity index (χ2v) is 8.19. The number of carbonyl (C=O) groups excluding carboxylic acids is 2. The number of hydrogen-bond acceptors (Lipinski definition) is 6. The molecule has 1 fully saturated rings.